The predicted molar refractivity (Wildman–Crippen MR) is 49.5 cm³/mol. The van der Waals surface area contributed by atoms with Gasteiger partial charge in [-0.1, -0.05) is 24.3 Å². The Balaban J connectivity index is 2.58. The summed E-state index contributed by atoms with van der Waals surface area (Å²) in [4.78, 5) is 0. The molecule has 1 heteroatoms. The van der Waals surface area contributed by atoms with Gasteiger partial charge in [0.1, 0.15) is 0 Å². The van der Waals surface area contributed by atoms with Gasteiger partial charge in [0.05, 0.1) is 0 Å². The van der Waals surface area contributed by atoms with Crippen LogP contribution in [-0.4, -0.2) is 0 Å². The van der Waals surface area contributed by atoms with Crippen molar-refractivity contribution in [2.45, 2.75) is 6.42 Å². The van der Waals surface area contributed by atoms with Crippen LogP contribution in [0.1, 0.15) is 6.42 Å². The predicted octanol–water partition coefficient (Wildman–Crippen LogP) is 3.07. The lowest BCUT2D eigenvalue weighted by molar-refractivity contribution is 0.824. The lowest BCUT2D eigenvalue weighted by Gasteiger charge is -2.07. The van der Waals surface area contributed by atoms with Gasteiger partial charge in [-0.25, -0.2) is 0 Å². The van der Waals surface area contributed by atoms with Gasteiger partial charge < -0.3 is 0 Å². The fraction of sp³-hybridized carbons (Fsp3) is 0.250. The van der Waals surface area contributed by atoms with Gasteiger partial charge in [0.2, 0.25) is 0 Å². The first kappa shape index (κ1) is 7.06. The van der Waals surface area contributed by atoms with E-state index in [2.05, 4.69) is 47.4 Å². The van der Waals surface area contributed by atoms with E-state index in [4.69, 9.17) is 0 Å². The molecule has 0 nitrogen and oxygen atoms in total. The Morgan fingerprint density at radius 2 is 2.56 bits per heavy atom. The lowest BCUT2D eigenvalue weighted by Crippen LogP contribution is -1.92. The first-order chi connectivity index (χ1) is 4.33. The molecule has 0 N–H and O–H groups in total. The number of halogens is 1. The molecular weight excluding hydrogens is 223 g/mol. The molecule has 0 saturated heterocycles. The van der Waals surface area contributed by atoms with Gasteiger partial charge in [-0.15, -0.1) is 6.58 Å². The Morgan fingerprint density at radius 1 is 1.78 bits per heavy atom. The third kappa shape index (κ3) is 1.97. The van der Waals surface area contributed by atoms with Crippen molar-refractivity contribution < 1.29 is 0 Å². The van der Waals surface area contributed by atoms with Gasteiger partial charge in [0, 0.05) is 3.58 Å². The van der Waals surface area contributed by atoms with Crippen molar-refractivity contribution in [3.63, 3.8) is 0 Å². The number of hydrogen-bond donors (Lipinski definition) is 0. The van der Waals surface area contributed by atoms with E-state index in [1.165, 1.54) is 3.58 Å². The molecule has 48 valence electrons. The average Bonchev–Trinajstić information content (AvgIpc) is 1.90. The van der Waals surface area contributed by atoms with Crippen LogP contribution in [0.15, 0.2) is 34.5 Å². The van der Waals surface area contributed by atoms with E-state index in [-0.39, 0.29) is 0 Å². The molecule has 0 aromatic carbocycles. The zero-order valence-corrected chi connectivity index (χ0v) is 7.34. The molecule has 0 bridgehead atoms. The Kier molecular flexibility index (Phi) is 2.51. The first-order valence-electron chi connectivity index (χ1n) is 2.99. The van der Waals surface area contributed by atoms with Crippen LogP contribution >= 0.6 is 22.6 Å². The zero-order valence-electron chi connectivity index (χ0n) is 5.18. The summed E-state index contributed by atoms with van der Waals surface area (Å²) in [6, 6.07) is 0. The van der Waals surface area contributed by atoms with Crippen molar-refractivity contribution in [2.75, 3.05) is 0 Å². The Morgan fingerprint density at radius 3 is 3.00 bits per heavy atom. The standard InChI is InChI=1S/C8H9I/c1-2-7-3-5-8(9)6-4-7/h2-3,5-7H,1,4H2. The molecule has 0 saturated carbocycles. The number of rotatable bonds is 1. The van der Waals surface area contributed by atoms with E-state index >= 15 is 0 Å². The summed E-state index contributed by atoms with van der Waals surface area (Å²) in [5, 5.41) is 0. The number of allylic oxidation sites excluding steroid dienone is 5. The molecule has 0 aliphatic heterocycles. The maximum Gasteiger partial charge on any atom is 0.00873 e. The van der Waals surface area contributed by atoms with Crippen molar-refractivity contribution in [3.05, 3.63) is 34.5 Å². The highest BCUT2D eigenvalue weighted by atomic mass is 127. The normalized spacial score (nSPS) is 25.4. The topological polar surface area (TPSA) is 0 Å². The van der Waals surface area contributed by atoms with Crippen LogP contribution in [0.25, 0.3) is 0 Å². The summed E-state index contributed by atoms with van der Waals surface area (Å²) in [7, 11) is 0. The Hall–Kier alpha value is -0.0500. The molecule has 1 rings (SSSR count). The van der Waals surface area contributed by atoms with E-state index in [0.717, 1.165) is 6.42 Å². The minimum Gasteiger partial charge on any atom is -0.102 e. The van der Waals surface area contributed by atoms with E-state index < -0.39 is 0 Å². The van der Waals surface area contributed by atoms with E-state index in [1.54, 1.807) is 0 Å². The van der Waals surface area contributed by atoms with E-state index in [1.807, 2.05) is 6.08 Å². The molecule has 1 unspecified atom stereocenters. The molecule has 9 heavy (non-hydrogen) atoms. The maximum atomic E-state index is 3.73. The summed E-state index contributed by atoms with van der Waals surface area (Å²) in [5.41, 5.74) is 0. The smallest absolute Gasteiger partial charge is 0.00873 e. The summed E-state index contributed by atoms with van der Waals surface area (Å²) in [6.07, 6.45) is 9.66. The van der Waals surface area contributed by atoms with Crippen LogP contribution in [0.5, 0.6) is 0 Å². The molecule has 0 fully saturated rings. The highest BCUT2D eigenvalue weighted by Crippen LogP contribution is 2.20. The second-order valence-corrected chi connectivity index (χ2v) is 3.33. The molecule has 0 spiro atoms. The van der Waals surface area contributed by atoms with Crippen molar-refractivity contribution in [2.24, 2.45) is 5.92 Å². The summed E-state index contributed by atoms with van der Waals surface area (Å²) in [5.74, 6) is 0.573. The number of hydrogen-bond acceptors (Lipinski definition) is 0. The quantitative estimate of drug-likeness (QED) is 0.481. The van der Waals surface area contributed by atoms with Crippen molar-refractivity contribution in [1.29, 1.82) is 0 Å². The van der Waals surface area contributed by atoms with Crippen LogP contribution in [0, 0.1) is 5.92 Å². The molecule has 0 radical (unpaired) electrons. The van der Waals surface area contributed by atoms with Crippen LogP contribution in [0.2, 0.25) is 0 Å². The second-order valence-electron chi connectivity index (χ2n) is 2.08. The zero-order chi connectivity index (χ0) is 6.69. The van der Waals surface area contributed by atoms with Gasteiger partial charge >= 0.3 is 0 Å². The molecule has 0 heterocycles. The Bertz CT molecular complexity index is 165. The van der Waals surface area contributed by atoms with Gasteiger partial charge in [-0.05, 0) is 34.9 Å². The monoisotopic (exact) mass is 232 g/mol. The molecular formula is C8H9I. The maximum absolute atomic E-state index is 3.73. The average molecular weight is 232 g/mol. The van der Waals surface area contributed by atoms with Crippen LogP contribution in [0.4, 0.5) is 0 Å². The summed E-state index contributed by atoms with van der Waals surface area (Å²) in [6.45, 7) is 3.73. The van der Waals surface area contributed by atoms with Crippen molar-refractivity contribution >= 4 is 22.6 Å². The SMILES string of the molecule is C=CC1C=CC(I)=CC1. The highest BCUT2D eigenvalue weighted by molar-refractivity contribution is 14.1. The molecule has 1 aliphatic rings. The molecule has 1 atom stereocenters. The highest BCUT2D eigenvalue weighted by Gasteiger charge is 2.00. The van der Waals surface area contributed by atoms with Gasteiger partial charge in [-0.2, -0.15) is 0 Å². The van der Waals surface area contributed by atoms with Crippen LogP contribution < -0.4 is 0 Å². The minimum atomic E-state index is 0.573. The molecule has 0 aromatic heterocycles. The minimum absolute atomic E-state index is 0.573. The van der Waals surface area contributed by atoms with Gasteiger partial charge in [-0.3, -0.25) is 0 Å². The second kappa shape index (κ2) is 3.20. The van der Waals surface area contributed by atoms with Crippen molar-refractivity contribution in [3.8, 4) is 0 Å². The molecule has 0 amide bonds. The van der Waals surface area contributed by atoms with Gasteiger partial charge in [0.25, 0.3) is 0 Å². The van der Waals surface area contributed by atoms with E-state index in [9.17, 15) is 0 Å². The first-order valence-corrected chi connectivity index (χ1v) is 4.07. The van der Waals surface area contributed by atoms with Crippen molar-refractivity contribution in [1.82, 2.24) is 0 Å². The summed E-state index contributed by atoms with van der Waals surface area (Å²) < 4.78 is 1.34. The van der Waals surface area contributed by atoms with Crippen LogP contribution in [-0.2, 0) is 0 Å². The Labute approximate surface area is 69.5 Å². The van der Waals surface area contributed by atoms with Crippen LogP contribution in [0.3, 0.4) is 0 Å². The fourth-order valence-corrected chi connectivity index (χ4v) is 1.25. The molecule has 0 aromatic rings. The lowest BCUT2D eigenvalue weighted by atomic mass is 10.0. The fourth-order valence-electron chi connectivity index (χ4n) is 0.786. The van der Waals surface area contributed by atoms with Gasteiger partial charge in [0.15, 0.2) is 0 Å². The largest absolute Gasteiger partial charge is 0.102 e. The third-order valence-corrected chi connectivity index (χ3v) is 2.19. The third-order valence-electron chi connectivity index (χ3n) is 1.39. The summed E-state index contributed by atoms with van der Waals surface area (Å²) >= 11 is 2.32. The molecule has 1 aliphatic carbocycles. The van der Waals surface area contributed by atoms with E-state index in [0.29, 0.717) is 5.92 Å².